The average molecular weight is 322 g/mol. The van der Waals surface area contributed by atoms with E-state index in [1.807, 2.05) is 39.5 Å². The lowest BCUT2D eigenvalue weighted by Gasteiger charge is -2.21. The number of hydrogen-bond acceptors (Lipinski definition) is 4. The molecule has 6 nitrogen and oxygen atoms in total. The number of alkyl carbamates (subject to hydrolysis) is 1. The molecule has 1 amide bonds. The molecule has 1 fully saturated rings. The number of amides is 1. The van der Waals surface area contributed by atoms with Crippen LogP contribution in [0.1, 0.15) is 52.9 Å². The van der Waals surface area contributed by atoms with Crippen molar-refractivity contribution in [3.8, 4) is 0 Å². The van der Waals surface area contributed by atoms with Crippen molar-refractivity contribution in [2.24, 2.45) is 0 Å². The van der Waals surface area contributed by atoms with Gasteiger partial charge in [-0.05, 0) is 59.4 Å². The van der Waals surface area contributed by atoms with Gasteiger partial charge in [0.25, 0.3) is 0 Å². The van der Waals surface area contributed by atoms with Gasteiger partial charge >= 0.3 is 6.09 Å². The van der Waals surface area contributed by atoms with Crippen molar-refractivity contribution in [1.29, 1.82) is 0 Å². The van der Waals surface area contributed by atoms with Gasteiger partial charge in [-0.3, -0.25) is 0 Å². The van der Waals surface area contributed by atoms with Crippen LogP contribution in [0.15, 0.2) is 18.7 Å². The molecule has 6 heteroatoms. The maximum Gasteiger partial charge on any atom is 0.407 e. The van der Waals surface area contributed by atoms with Crippen LogP contribution in [0.4, 0.5) is 4.79 Å². The fourth-order valence-electron chi connectivity index (χ4n) is 2.92. The van der Waals surface area contributed by atoms with E-state index in [1.54, 1.807) is 0 Å². The number of ether oxygens (including phenoxy) is 1. The van der Waals surface area contributed by atoms with E-state index in [1.165, 1.54) is 0 Å². The molecule has 1 aromatic heterocycles. The number of hydrogen-bond donors (Lipinski definition) is 2. The van der Waals surface area contributed by atoms with Crippen LogP contribution in [0, 0.1) is 0 Å². The van der Waals surface area contributed by atoms with E-state index in [-0.39, 0.29) is 12.1 Å². The van der Waals surface area contributed by atoms with Crippen LogP contribution < -0.4 is 10.6 Å². The highest BCUT2D eigenvalue weighted by Gasteiger charge is 2.27. The summed E-state index contributed by atoms with van der Waals surface area (Å²) in [7, 11) is 0. The zero-order valence-corrected chi connectivity index (χ0v) is 14.5. The fraction of sp³-hybridized carbons (Fsp3) is 0.765. The van der Waals surface area contributed by atoms with E-state index in [4.69, 9.17) is 4.74 Å². The molecule has 1 aliphatic rings. The van der Waals surface area contributed by atoms with Gasteiger partial charge in [0.1, 0.15) is 5.60 Å². The monoisotopic (exact) mass is 322 g/mol. The normalized spacial score (nSPS) is 21.3. The number of carbonyl (C=O) groups excluding carboxylic acids is 1. The minimum atomic E-state index is -0.435. The molecule has 1 aliphatic carbocycles. The largest absolute Gasteiger partial charge is 0.444 e. The molecule has 23 heavy (non-hydrogen) atoms. The van der Waals surface area contributed by atoms with Crippen LogP contribution in [-0.2, 0) is 11.3 Å². The molecule has 2 atom stereocenters. The third-order valence-corrected chi connectivity index (χ3v) is 3.99. The predicted octanol–water partition coefficient (Wildman–Crippen LogP) is 2.70. The predicted molar refractivity (Wildman–Crippen MR) is 90.3 cm³/mol. The molecule has 0 saturated heterocycles. The number of carbonyl (C=O) groups is 1. The van der Waals surface area contributed by atoms with E-state index in [2.05, 4.69) is 20.2 Å². The molecule has 1 aromatic rings. The zero-order chi connectivity index (χ0) is 16.7. The van der Waals surface area contributed by atoms with Crippen molar-refractivity contribution in [2.45, 2.75) is 77.1 Å². The van der Waals surface area contributed by atoms with Gasteiger partial charge < -0.3 is 19.9 Å². The topological polar surface area (TPSA) is 68.2 Å². The van der Waals surface area contributed by atoms with Gasteiger partial charge in [-0.25, -0.2) is 9.78 Å². The Morgan fingerprint density at radius 3 is 2.78 bits per heavy atom. The Bertz CT molecular complexity index is 467. The molecule has 0 bridgehead atoms. The Kier molecular flexibility index (Phi) is 6.45. The van der Waals surface area contributed by atoms with E-state index in [9.17, 15) is 4.79 Å². The first kappa shape index (κ1) is 17.8. The van der Waals surface area contributed by atoms with Crippen molar-refractivity contribution >= 4 is 6.09 Å². The summed E-state index contributed by atoms with van der Waals surface area (Å²) in [6.07, 6.45) is 10.8. The molecular formula is C17H30N4O2. The molecule has 1 heterocycles. The van der Waals surface area contributed by atoms with Crippen LogP contribution in [-0.4, -0.2) is 39.9 Å². The third kappa shape index (κ3) is 7.03. The molecule has 0 spiro atoms. The Balaban J connectivity index is 1.54. The quantitative estimate of drug-likeness (QED) is 0.757. The molecule has 0 aliphatic heterocycles. The number of unbranched alkanes of at least 4 members (excludes halogenated alkanes) is 1. The van der Waals surface area contributed by atoms with E-state index in [0.29, 0.717) is 6.04 Å². The maximum absolute atomic E-state index is 11.8. The lowest BCUT2D eigenvalue weighted by molar-refractivity contribution is 0.0505. The van der Waals surface area contributed by atoms with Gasteiger partial charge in [0.05, 0.1) is 6.33 Å². The van der Waals surface area contributed by atoms with Crippen LogP contribution in [0.25, 0.3) is 0 Å². The number of nitrogens with one attached hydrogen (secondary N) is 2. The number of nitrogens with zero attached hydrogens (tertiary/aromatic N) is 2. The highest BCUT2D eigenvalue weighted by Crippen LogP contribution is 2.20. The van der Waals surface area contributed by atoms with Gasteiger partial charge in [-0.15, -0.1) is 0 Å². The summed E-state index contributed by atoms with van der Waals surface area (Å²) in [5.74, 6) is 0. The van der Waals surface area contributed by atoms with Gasteiger partial charge in [-0.1, -0.05) is 0 Å². The Morgan fingerprint density at radius 2 is 2.09 bits per heavy atom. The molecule has 130 valence electrons. The Morgan fingerprint density at radius 1 is 1.30 bits per heavy atom. The molecule has 2 N–H and O–H groups in total. The van der Waals surface area contributed by atoms with Gasteiger partial charge in [-0.2, -0.15) is 0 Å². The van der Waals surface area contributed by atoms with Gasteiger partial charge in [0.2, 0.25) is 0 Å². The van der Waals surface area contributed by atoms with Crippen molar-refractivity contribution in [3.63, 3.8) is 0 Å². The first-order valence-electron chi connectivity index (χ1n) is 8.61. The van der Waals surface area contributed by atoms with Crippen LogP contribution in [0.3, 0.4) is 0 Å². The number of imidazole rings is 1. The highest BCUT2D eigenvalue weighted by atomic mass is 16.6. The summed E-state index contributed by atoms with van der Waals surface area (Å²) in [6.45, 7) is 7.70. The summed E-state index contributed by atoms with van der Waals surface area (Å²) in [4.78, 5) is 15.8. The number of rotatable bonds is 7. The first-order valence-corrected chi connectivity index (χ1v) is 8.61. The average Bonchev–Trinajstić information content (AvgIpc) is 3.08. The lowest BCUT2D eigenvalue weighted by atomic mass is 10.2. The van der Waals surface area contributed by atoms with Crippen molar-refractivity contribution in [2.75, 3.05) is 6.54 Å². The summed E-state index contributed by atoms with van der Waals surface area (Å²) in [5, 5.41) is 6.57. The molecule has 2 rings (SSSR count). The molecular weight excluding hydrogens is 292 g/mol. The second-order valence-corrected chi connectivity index (χ2v) is 7.31. The molecule has 0 aromatic carbocycles. The third-order valence-electron chi connectivity index (χ3n) is 3.99. The van der Waals surface area contributed by atoms with Crippen LogP contribution in [0.2, 0.25) is 0 Å². The van der Waals surface area contributed by atoms with Crippen LogP contribution >= 0.6 is 0 Å². The summed E-state index contributed by atoms with van der Waals surface area (Å²) < 4.78 is 7.41. The van der Waals surface area contributed by atoms with Gasteiger partial charge in [0, 0.05) is 31.0 Å². The van der Waals surface area contributed by atoms with E-state index < -0.39 is 5.60 Å². The Labute approximate surface area is 139 Å². The smallest absolute Gasteiger partial charge is 0.407 e. The van der Waals surface area contributed by atoms with Crippen molar-refractivity contribution in [1.82, 2.24) is 20.2 Å². The summed E-state index contributed by atoms with van der Waals surface area (Å²) in [5.41, 5.74) is -0.435. The lowest BCUT2D eigenvalue weighted by Crippen LogP contribution is -2.39. The maximum atomic E-state index is 11.8. The fourth-order valence-corrected chi connectivity index (χ4v) is 2.92. The standard InChI is InChI=1S/C17H30N4O2/c1-17(2,3)23-16(22)20-15-7-6-14(12-15)19-8-4-5-10-21-11-9-18-13-21/h9,11,13-15,19H,4-8,10,12H2,1-3H3,(H,20,22). The van der Waals surface area contributed by atoms with Crippen molar-refractivity contribution < 1.29 is 9.53 Å². The van der Waals surface area contributed by atoms with Crippen LogP contribution in [0.5, 0.6) is 0 Å². The highest BCUT2D eigenvalue weighted by molar-refractivity contribution is 5.68. The summed E-state index contributed by atoms with van der Waals surface area (Å²) in [6, 6.07) is 0.733. The zero-order valence-electron chi connectivity index (χ0n) is 14.5. The minimum absolute atomic E-state index is 0.230. The van der Waals surface area contributed by atoms with E-state index in [0.717, 1.165) is 45.2 Å². The number of aromatic nitrogens is 2. The molecule has 1 saturated carbocycles. The number of aryl methyl sites for hydroxylation is 1. The van der Waals surface area contributed by atoms with Crippen molar-refractivity contribution in [3.05, 3.63) is 18.7 Å². The second-order valence-electron chi connectivity index (χ2n) is 7.31. The van der Waals surface area contributed by atoms with Gasteiger partial charge in [0.15, 0.2) is 0 Å². The SMILES string of the molecule is CC(C)(C)OC(=O)NC1CCC(NCCCCn2ccnc2)C1. The molecule has 0 radical (unpaired) electrons. The summed E-state index contributed by atoms with van der Waals surface area (Å²) >= 11 is 0. The Hall–Kier alpha value is -1.56. The second kappa shape index (κ2) is 8.34. The first-order chi connectivity index (χ1) is 10.9. The van der Waals surface area contributed by atoms with E-state index >= 15 is 0 Å². The minimum Gasteiger partial charge on any atom is -0.444 e. The molecule has 2 unspecified atom stereocenters.